The monoisotopic (exact) mass is 457 g/mol. The number of aromatic nitrogens is 1. The molecule has 9 heteroatoms. The number of ether oxygens (including phenoxy) is 2. The lowest BCUT2D eigenvalue weighted by Gasteiger charge is -2.23. The summed E-state index contributed by atoms with van der Waals surface area (Å²) in [6.07, 6.45) is -0.792. The van der Waals surface area contributed by atoms with Crippen LogP contribution >= 0.6 is 11.6 Å². The van der Waals surface area contributed by atoms with Crippen LogP contribution < -0.4 is 15.4 Å². The van der Waals surface area contributed by atoms with Gasteiger partial charge in [-0.2, -0.15) is 0 Å². The van der Waals surface area contributed by atoms with Crippen molar-refractivity contribution >= 4 is 23.1 Å². The Labute approximate surface area is 185 Å². The van der Waals surface area contributed by atoms with Gasteiger partial charge >= 0.3 is 6.36 Å². The van der Waals surface area contributed by atoms with E-state index in [-0.39, 0.29) is 10.9 Å². The van der Waals surface area contributed by atoms with Crippen LogP contribution in [0.1, 0.15) is 43.7 Å². The number of benzene rings is 1. The number of rotatable bonds is 8. The van der Waals surface area contributed by atoms with Gasteiger partial charge in [-0.3, -0.25) is 0 Å². The number of alkyl halides is 3. The van der Waals surface area contributed by atoms with Gasteiger partial charge in [0.15, 0.2) is 0 Å². The van der Waals surface area contributed by atoms with Crippen LogP contribution in [-0.4, -0.2) is 31.1 Å². The fraction of sp³-hybridized carbons (Fsp3) is 0.500. The lowest BCUT2D eigenvalue weighted by molar-refractivity contribution is -0.274. The van der Waals surface area contributed by atoms with Crippen molar-refractivity contribution in [3.8, 4) is 5.75 Å². The molecule has 0 aliphatic carbocycles. The van der Waals surface area contributed by atoms with Crippen molar-refractivity contribution in [2.45, 2.75) is 45.5 Å². The Morgan fingerprint density at radius 3 is 2.61 bits per heavy atom. The first-order valence-electron chi connectivity index (χ1n) is 10.3. The molecule has 0 unspecified atom stereocenters. The second kappa shape index (κ2) is 10.5. The molecule has 0 spiro atoms. The number of nitrogens with zero attached hydrogens (tertiary/aromatic N) is 1. The van der Waals surface area contributed by atoms with Crippen molar-refractivity contribution in [3.63, 3.8) is 0 Å². The molecule has 0 radical (unpaired) electrons. The maximum absolute atomic E-state index is 12.4. The molecular formula is C22H27ClF3N3O2. The minimum Gasteiger partial charge on any atom is -0.404 e. The Balaban J connectivity index is 1.65. The second-order valence-corrected chi connectivity index (χ2v) is 8.33. The molecule has 2 N–H and O–H groups in total. The number of halogens is 4. The fourth-order valence-electron chi connectivity index (χ4n) is 3.55. The molecule has 2 heterocycles. The zero-order valence-electron chi connectivity index (χ0n) is 17.6. The van der Waals surface area contributed by atoms with Crippen LogP contribution in [0.4, 0.5) is 24.7 Å². The number of anilines is 2. The molecule has 5 nitrogen and oxygen atoms in total. The molecule has 1 fully saturated rings. The topological polar surface area (TPSA) is 55.4 Å². The lowest BCUT2D eigenvalue weighted by Crippen LogP contribution is -2.27. The summed E-state index contributed by atoms with van der Waals surface area (Å²) >= 11 is 5.93. The van der Waals surface area contributed by atoms with E-state index in [0.29, 0.717) is 17.4 Å². The summed E-state index contributed by atoms with van der Waals surface area (Å²) in [6, 6.07) is 5.98. The van der Waals surface area contributed by atoms with Crippen molar-refractivity contribution in [2.75, 3.05) is 25.1 Å². The van der Waals surface area contributed by atoms with Gasteiger partial charge in [0.25, 0.3) is 0 Å². The van der Waals surface area contributed by atoms with Crippen molar-refractivity contribution in [1.29, 1.82) is 0 Å². The van der Waals surface area contributed by atoms with E-state index in [4.69, 9.17) is 16.3 Å². The molecule has 1 saturated heterocycles. The fourth-order valence-corrected chi connectivity index (χ4v) is 3.77. The van der Waals surface area contributed by atoms with Gasteiger partial charge in [0.2, 0.25) is 0 Å². The Kier molecular flexibility index (Phi) is 8.02. The van der Waals surface area contributed by atoms with Crippen molar-refractivity contribution in [3.05, 3.63) is 46.6 Å². The van der Waals surface area contributed by atoms with Gasteiger partial charge < -0.3 is 20.1 Å². The van der Waals surface area contributed by atoms with Gasteiger partial charge in [0, 0.05) is 31.6 Å². The molecular weight excluding hydrogens is 431 g/mol. The third-order valence-electron chi connectivity index (χ3n) is 5.16. The Bertz CT molecular complexity index is 872. The zero-order valence-corrected chi connectivity index (χ0v) is 18.3. The molecule has 3 rings (SSSR count). The highest BCUT2D eigenvalue weighted by Crippen LogP contribution is 2.33. The molecule has 0 saturated carbocycles. The van der Waals surface area contributed by atoms with Crippen molar-refractivity contribution in [2.24, 2.45) is 5.92 Å². The van der Waals surface area contributed by atoms with Crippen molar-refractivity contribution < 1.29 is 22.6 Å². The molecule has 1 aromatic heterocycles. The third-order valence-corrected chi connectivity index (χ3v) is 5.46. The van der Waals surface area contributed by atoms with Crippen LogP contribution in [0.15, 0.2) is 30.5 Å². The van der Waals surface area contributed by atoms with Gasteiger partial charge in [-0.25, -0.2) is 4.98 Å². The summed E-state index contributed by atoms with van der Waals surface area (Å²) in [5.74, 6) is 1.08. The molecule has 0 atom stereocenters. The zero-order chi connectivity index (χ0) is 22.4. The number of hydrogen-bond acceptors (Lipinski definition) is 5. The smallest absolute Gasteiger partial charge is 0.404 e. The Morgan fingerprint density at radius 1 is 1.23 bits per heavy atom. The highest BCUT2D eigenvalue weighted by molar-refractivity contribution is 6.32. The molecule has 0 bridgehead atoms. The number of nitrogens with one attached hydrogen (secondary N) is 2. The SMILES string of the molecule is CC(C)c1cc(Nc2ccc(OC(F)(F)F)c(Cl)c2)ncc1CNCC1CCOCC1. The van der Waals surface area contributed by atoms with Crippen LogP contribution in [0, 0.1) is 5.92 Å². The van der Waals surface area contributed by atoms with Crippen molar-refractivity contribution in [1.82, 2.24) is 10.3 Å². The molecule has 1 aliphatic heterocycles. The quantitative estimate of drug-likeness (QED) is 0.508. The lowest BCUT2D eigenvalue weighted by atomic mass is 9.98. The molecule has 1 aliphatic rings. The van der Waals surface area contributed by atoms with E-state index in [1.54, 1.807) is 0 Å². The van der Waals surface area contributed by atoms with Gasteiger partial charge in [-0.15, -0.1) is 13.2 Å². The highest BCUT2D eigenvalue weighted by Gasteiger charge is 2.32. The van der Waals surface area contributed by atoms with E-state index < -0.39 is 12.1 Å². The summed E-state index contributed by atoms with van der Waals surface area (Å²) in [4.78, 5) is 4.47. The van der Waals surface area contributed by atoms with Gasteiger partial charge in [0.05, 0.1) is 5.02 Å². The third kappa shape index (κ3) is 7.26. The first-order chi connectivity index (χ1) is 14.7. The highest BCUT2D eigenvalue weighted by atomic mass is 35.5. The van der Waals surface area contributed by atoms with E-state index in [2.05, 4.69) is 34.2 Å². The van der Waals surface area contributed by atoms with E-state index in [1.807, 2.05) is 12.3 Å². The summed E-state index contributed by atoms with van der Waals surface area (Å²) in [6.45, 7) is 7.57. The molecule has 31 heavy (non-hydrogen) atoms. The van der Waals surface area contributed by atoms with E-state index >= 15 is 0 Å². The second-order valence-electron chi connectivity index (χ2n) is 7.93. The number of pyridine rings is 1. The predicted octanol–water partition coefficient (Wildman–Crippen LogP) is 6.02. The van der Waals surface area contributed by atoms with Gasteiger partial charge in [-0.05, 0) is 66.6 Å². The van der Waals surface area contributed by atoms with Crippen LogP contribution in [0.2, 0.25) is 5.02 Å². The van der Waals surface area contributed by atoms with Gasteiger partial charge in [-0.1, -0.05) is 25.4 Å². The molecule has 2 aromatic rings. The Hall–Kier alpha value is -2.03. The minimum absolute atomic E-state index is 0.139. The summed E-state index contributed by atoms with van der Waals surface area (Å²) in [7, 11) is 0. The number of hydrogen-bond donors (Lipinski definition) is 2. The summed E-state index contributed by atoms with van der Waals surface area (Å²) in [5.41, 5.74) is 2.80. The van der Waals surface area contributed by atoms with Crippen LogP contribution in [0.3, 0.4) is 0 Å². The average Bonchev–Trinajstić information content (AvgIpc) is 2.71. The standard InChI is InChI=1S/C22H27ClF3N3O2/c1-14(2)18-10-21(28-13-16(18)12-27-11-15-5-7-30-8-6-15)29-17-3-4-20(19(23)9-17)31-22(24,25)26/h3-4,9-10,13-15,27H,5-8,11-12H2,1-2H3,(H,28,29). The summed E-state index contributed by atoms with van der Waals surface area (Å²) in [5, 5.41) is 6.49. The molecule has 1 aromatic carbocycles. The van der Waals surface area contributed by atoms with Crippen LogP contribution in [0.25, 0.3) is 0 Å². The first kappa shape index (κ1) is 23.6. The van der Waals surface area contributed by atoms with E-state index in [1.165, 1.54) is 18.2 Å². The average molecular weight is 458 g/mol. The van der Waals surface area contributed by atoms with Gasteiger partial charge in [0.1, 0.15) is 11.6 Å². The van der Waals surface area contributed by atoms with Crippen LogP contribution in [-0.2, 0) is 11.3 Å². The molecule has 170 valence electrons. The Morgan fingerprint density at radius 2 is 1.97 bits per heavy atom. The van der Waals surface area contributed by atoms with E-state index in [0.717, 1.165) is 50.3 Å². The minimum atomic E-state index is -4.79. The maximum Gasteiger partial charge on any atom is 0.573 e. The predicted molar refractivity (Wildman–Crippen MR) is 115 cm³/mol. The maximum atomic E-state index is 12.4. The largest absolute Gasteiger partial charge is 0.573 e. The van der Waals surface area contributed by atoms with E-state index in [9.17, 15) is 13.2 Å². The normalized spacial score (nSPS) is 15.3. The summed E-state index contributed by atoms with van der Waals surface area (Å²) < 4.78 is 46.5. The first-order valence-corrected chi connectivity index (χ1v) is 10.7. The van der Waals surface area contributed by atoms with Crippen LogP contribution in [0.5, 0.6) is 5.75 Å². The molecule has 0 amide bonds.